The number of benzene rings is 2. The van der Waals surface area contributed by atoms with Crippen LogP contribution in [0.2, 0.25) is 0 Å². The number of esters is 2. The number of thioether (sulfide) groups is 2. The van der Waals surface area contributed by atoms with E-state index >= 15 is 0 Å². The lowest BCUT2D eigenvalue weighted by Gasteiger charge is -2.11. The van der Waals surface area contributed by atoms with Crippen LogP contribution in [0.5, 0.6) is 11.5 Å². The molecule has 0 saturated carbocycles. The maximum absolute atomic E-state index is 12.6. The predicted molar refractivity (Wildman–Crippen MR) is 274 cm³/mol. The molecule has 2 aromatic carbocycles. The van der Waals surface area contributed by atoms with E-state index in [1.165, 1.54) is 74.2 Å². The van der Waals surface area contributed by atoms with E-state index in [-0.39, 0.29) is 72.1 Å². The number of phenolic OH excluding ortho intramolecular Hbond substituents is 2. The molecule has 0 spiro atoms. The van der Waals surface area contributed by atoms with Crippen LogP contribution in [0.4, 0.5) is 0 Å². The number of para-hydroxylation sites is 2. The van der Waals surface area contributed by atoms with Crippen molar-refractivity contribution in [1.29, 1.82) is 0 Å². The molecule has 0 aliphatic heterocycles. The number of carbonyl (C=O) groups excluding carboxylic acids is 6. The normalized spacial score (nSPS) is 10.9. The second-order valence-electron chi connectivity index (χ2n) is 17.2. The number of unbranched alkanes of at least 4 members (excludes halogenated alkanes) is 17. The van der Waals surface area contributed by atoms with Crippen LogP contribution in [-0.4, -0.2) is 82.0 Å². The smallest absolute Gasteiger partial charge is 0.306 e. The van der Waals surface area contributed by atoms with Gasteiger partial charge in [0.1, 0.15) is 11.5 Å². The van der Waals surface area contributed by atoms with Crippen molar-refractivity contribution in [2.75, 3.05) is 36.2 Å². The molecule has 0 fully saturated rings. The third-order valence-electron chi connectivity index (χ3n) is 11.4. The molecule has 2 aromatic rings. The van der Waals surface area contributed by atoms with Gasteiger partial charge in [0.05, 0.1) is 37.2 Å². The molecule has 0 aliphatic rings. The Hall–Kier alpha value is -4.44. The highest BCUT2D eigenvalue weighted by Gasteiger charge is 2.17. The minimum Gasteiger partial charge on any atom is -0.507 e. The molecule has 4 amide bonds. The molecule has 0 unspecified atom stereocenters. The van der Waals surface area contributed by atoms with Crippen molar-refractivity contribution in [3.8, 4) is 11.5 Å². The van der Waals surface area contributed by atoms with Crippen molar-refractivity contribution in [1.82, 2.24) is 21.7 Å². The highest BCUT2D eigenvalue weighted by atomic mass is 32.2. The number of aromatic hydroxyl groups is 2. The van der Waals surface area contributed by atoms with E-state index in [4.69, 9.17) is 9.47 Å². The van der Waals surface area contributed by atoms with Gasteiger partial charge >= 0.3 is 11.9 Å². The van der Waals surface area contributed by atoms with Gasteiger partial charge in [0.15, 0.2) is 0 Å². The summed E-state index contributed by atoms with van der Waals surface area (Å²) in [6, 6.07) is 10.2. The number of rotatable bonds is 39. The molecule has 68 heavy (non-hydrogen) atoms. The Morgan fingerprint density at radius 3 is 1.16 bits per heavy atom. The fraction of sp³-hybridized carbons (Fsp3) is 0.654. The first-order valence-electron chi connectivity index (χ1n) is 25.3. The van der Waals surface area contributed by atoms with Crippen molar-refractivity contribution >= 4 is 59.1 Å². The maximum atomic E-state index is 12.6. The summed E-state index contributed by atoms with van der Waals surface area (Å²) in [5, 5.41) is 21.2. The highest BCUT2D eigenvalue weighted by molar-refractivity contribution is 7.99. The fourth-order valence-electron chi connectivity index (χ4n) is 7.28. The minimum atomic E-state index is -0.571. The molecule has 0 aliphatic carbocycles. The van der Waals surface area contributed by atoms with Crippen molar-refractivity contribution in [3.05, 3.63) is 58.7 Å². The molecule has 0 radical (unpaired) electrons. The van der Waals surface area contributed by atoms with Gasteiger partial charge in [-0.25, -0.2) is 0 Å². The molecule has 14 nitrogen and oxygen atoms in total. The van der Waals surface area contributed by atoms with Crippen LogP contribution in [0.15, 0.2) is 36.4 Å². The van der Waals surface area contributed by atoms with Gasteiger partial charge in [-0.2, -0.15) is 23.5 Å². The van der Waals surface area contributed by atoms with Crippen molar-refractivity contribution < 1.29 is 48.5 Å². The summed E-state index contributed by atoms with van der Waals surface area (Å²) in [6.45, 7) is 5.15. The Morgan fingerprint density at radius 2 is 0.779 bits per heavy atom. The zero-order valence-corrected chi connectivity index (χ0v) is 42.7. The number of carbonyl (C=O) groups is 6. The molecule has 0 aromatic heterocycles. The number of phenols is 2. The van der Waals surface area contributed by atoms with Crippen LogP contribution < -0.4 is 21.7 Å². The Labute approximate surface area is 414 Å². The Kier molecular flexibility index (Phi) is 34.6. The fourth-order valence-corrected chi connectivity index (χ4v) is 8.97. The first-order chi connectivity index (χ1) is 33.1. The summed E-state index contributed by atoms with van der Waals surface area (Å²) in [4.78, 5) is 73.9. The Balaban J connectivity index is 1.36. The highest BCUT2D eigenvalue weighted by Crippen LogP contribution is 2.26. The van der Waals surface area contributed by atoms with Gasteiger partial charge in [-0.15, -0.1) is 0 Å². The summed E-state index contributed by atoms with van der Waals surface area (Å²) in [5.41, 5.74) is 11.3. The van der Waals surface area contributed by atoms with Gasteiger partial charge in [0, 0.05) is 35.9 Å². The van der Waals surface area contributed by atoms with Crippen LogP contribution in [0, 0.1) is 0 Å². The molecular weight excluding hydrogens is 905 g/mol. The molecule has 0 saturated heterocycles. The monoisotopic (exact) mass is 987 g/mol. The van der Waals surface area contributed by atoms with Crippen molar-refractivity contribution in [3.63, 3.8) is 0 Å². The van der Waals surface area contributed by atoms with Gasteiger partial charge in [0.2, 0.25) is 11.8 Å². The van der Waals surface area contributed by atoms with E-state index in [0.717, 1.165) is 101 Å². The largest absolute Gasteiger partial charge is 0.507 e. The van der Waals surface area contributed by atoms with E-state index in [0.29, 0.717) is 49.1 Å². The zero-order valence-electron chi connectivity index (χ0n) is 41.1. The lowest BCUT2D eigenvalue weighted by Crippen LogP contribution is -2.41. The molecule has 0 heterocycles. The van der Waals surface area contributed by atoms with E-state index in [2.05, 4.69) is 35.6 Å². The average molecular weight is 987 g/mol. The molecule has 2 rings (SSSR count). The molecular formula is C52H82N4O10S2. The number of hydrogen-bond donors (Lipinski definition) is 6. The Bertz CT molecular complexity index is 1640. The SMILES string of the molecule is CCCCCCCCc1cccc(C(=O)NNC(=O)CCSCCC(=O)OCCCCCCCCCCOC(=O)CCSCCC(=O)NNC(=O)c2cccc(CCCCCCCC)c2O)c1O. The molecule has 382 valence electrons. The van der Waals surface area contributed by atoms with E-state index in [1.807, 2.05) is 12.1 Å². The van der Waals surface area contributed by atoms with Crippen molar-refractivity contribution in [2.45, 2.75) is 181 Å². The third kappa shape index (κ3) is 28.8. The van der Waals surface area contributed by atoms with E-state index in [9.17, 15) is 39.0 Å². The van der Waals surface area contributed by atoms with Gasteiger partial charge in [-0.1, -0.05) is 141 Å². The number of hydrazine groups is 2. The van der Waals surface area contributed by atoms with E-state index in [1.54, 1.807) is 12.1 Å². The first-order valence-corrected chi connectivity index (χ1v) is 27.6. The van der Waals surface area contributed by atoms with Crippen LogP contribution >= 0.6 is 23.5 Å². The van der Waals surface area contributed by atoms with Crippen LogP contribution in [0.25, 0.3) is 0 Å². The lowest BCUT2D eigenvalue weighted by atomic mass is 10.0. The summed E-state index contributed by atoms with van der Waals surface area (Å²) in [5.74, 6) is -0.429. The molecule has 0 atom stereocenters. The second-order valence-corrected chi connectivity index (χ2v) is 19.6. The Morgan fingerprint density at radius 1 is 0.441 bits per heavy atom. The van der Waals surface area contributed by atoms with Crippen LogP contribution in [0.3, 0.4) is 0 Å². The standard InChI is InChI=1S/C52H82N4O10S2/c1-3-5-7-9-15-19-25-41-27-23-29-43(49(41)61)51(63)55-53-45(57)31-37-67-39-33-47(59)65-35-21-17-13-11-12-14-18-22-36-66-48(60)34-40-68-38-32-46(58)54-56-52(64)44-30-24-28-42(50(44)62)26-20-16-10-8-6-4-2/h23-24,27-30,61-62H,3-22,25-26,31-40H2,1-2H3,(H,53,57)(H,54,58)(H,55,63)(H,56,64). The molecule has 16 heteroatoms. The summed E-state index contributed by atoms with van der Waals surface area (Å²) in [6.07, 6.45) is 23.8. The number of ether oxygens (including phenoxy) is 2. The van der Waals surface area contributed by atoms with Crippen molar-refractivity contribution in [2.24, 2.45) is 0 Å². The third-order valence-corrected chi connectivity index (χ3v) is 13.3. The number of hydrogen-bond acceptors (Lipinski definition) is 12. The number of nitrogens with one attached hydrogen (secondary N) is 4. The maximum Gasteiger partial charge on any atom is 0.306 e. The summed E-state index contributed by atoms with van der Waals surface area (Å²) >= 11 is 2.93. The lowest BCUT2D eigenvalue weighted by molar-refractivity contribution is -0.144. The zero-order chi connectivity index (χ0) is 49.5. The molecule has 0 bridgehead atoms. The summed E-state index contributed by atoms with van der Waals surface area (Å²) in [7, 11) is 0. The van der Waals surface area contributed by atoms with Gasteiger partial charge in [-0.05, 0) is 61.8 Å². The quantitative estimate of drug-likeness (QED) is 0.0210. The number of amides is 4. The average Bonchev–Trinajstić information content (AvgIpc) is 3.33. The van der Waals surface area contributed by atoms with Gasteiger partial charge in [0.25, 0.3) is 11.8 Å². The topological polar surface area (TPSA) is 209 Å². The van der Waals surface area contributed by atoms with Gasteiger partial charge < -0.3 is 19.7 Å². The summed E-state index contributed by atoms with van der Waals surface area (Å²) < 4.78 is 10.7. The minimum absolute atomic E-state index is 0.0493. The van der Waals surface area contributed by atoms with Gasteiger partial charge in [-0.3, -0.25) is 50.5 Å². The second kappa shape index (κ2) is 39.4. The number of aryl methyl sites for hydroxylation is 2. The van der Waals surface area contributed by atoms with E-state index < -0.39 is 11.8 Å². The predicted octanol–water partition coefficient (Wildman–Crippen LogP) is 10.4. The van der Waals surface area contributed by atoms with Crippen LogP contribution in [0.1, 0.15) is 200 Å². The first kappa shape index (κ1) is 59.7. The van der Waals surface area contributed by atoms with Crippen LogP contribution in [-0.2, 0) is 41.5 Å². The molecule has 6 N–H and O–H groups in total.